The molecule has 10 heteroatoms. The lowest BCUT2D eigenvalue weighted by molar-refractivity contribution is -0.153. The molecule has 2 aromatic rings. The minimum atomic E-state index is -4.48. The standard InChI is InChI=1S/C21H27F3N4O3/c1-12-26-18(28-31-12)20(5,10-19(2,3)4)27-17(29)15-8-16(30-11-21(22,23)24)14(9-25-15)13-6-7-13/h8-9,13H,6-7,10-11H2,1-5H3,(H,27,29)/t20-/m1/s1. The molecular weight excluding hydrogens is 413 g/mol. The number of alkyl halides is 3. The predicted molar refractivity (Wildman–Crippen MR) is 106 cm³/mol. The van der Waals surface area contributed by atoms with E-state index in [4.69, 9.17) is 9.26 Å². The molecule has 2 heterocycles. The van der Waals surface area contributed by atoms with Gasteiger partial charge < -0.3 is 14.6 Å². The zero-order valence-electron chi connectivity index (χ0n) is 18.3. The van der Waals surface area contributed by atoms with Gasteiger partial charge in [0.05, 0.1) is 0 Å². The van der Waals surface area contributed by atoms with Crippen molar-refractivity contribution in [3.05, 3.63) is 35.2 Å². The number of carbonyl (C=O) groups excluding carboxylic acids is 1. The van der Waals surface area contributed by atoms with Crippen LogP contribution in [-0.4, -0.2) is 33.8 Å². The van der Waals surface area contributed by atoms with E-state index < -0.39 is 24.2 Å². The Balaban J connectivity index is 1.87. The number of ether oxygens (including phenoxy) is 1. The first kappa shape index (κ1) is 23.0. The van der Waals surface area contributed by atoms with Crippen LogP contribution in [0.2, 0.25) is 0 Å². The van der Waals surface area contributed by atoms with Crippen LogP contribution in [0, 0.1) is 12.3 Å². The van der Waals surface area contributed by atoms with Gasteiger partial charge in [-0.2, -0.15) is 18.2 Å². The second-order valence-corrected chi connectivity index (χ2v) is 9.45. The average Bonchev–Trinajstić information content (AvgIpc) is 3.37. The van der Waals surface area contributed by atoms with Gasteiger partial charge in [-0.15, -0.1) is 0 Å². The molecule has 0 radical (unpaired) electrons. The van der Waals surface area contributed by atoms with Crippen LogP contribution in [0.1, 0.15) is 80.6 Å². The van der Waals surface area contributed by atoms with E-state index in [1.807, 2.05) is 20.8 Å². The van der Waals surface area contributed by atoms with Crippen molar-refractivity contribution in [2.24, 2.45) is 5.41 Å². The Hall–Kier alpha value is -2.65. The van der Waals surface area contributed by atoms with Crippen molar-refractivity contribution in [1.29, 1.82) is 0 Å². The predicted octanol–water partition coefficient (Wildman–Crippen LogP) is 4.67. The zero-order valence-corrected chi connectivity index (χ0v) is 18.3. The first-order valence-electron chi connectivity index (χ1n) is 10.1. The molecule has 1 amide bonds. The summed E-state index contributed by atoms with van der Waals surface area (Å²) in [6.45, 7) is 8.03. The maximum Gasteiger partial charge on any atom is 0.422 e. The maximum absolute atomic E-state index is 13.0. The van der Waals surface area contributed by atoms with Crippen LogP contribution in [0.5, 0.6) is 5.75 Å². The number of aromatic nitrogens is 3. The van der Waals surface area contributed by atoms with Gasteiger partial charge in [0.15, 0.2) is 12.4 Å². The highest BCUT2D eigenvalue weighted by molar-refractivity contribution is 5.93. The van der Waals surface area contributed by atoms with Crippen LogP contribution in [0.15, 0.2) is 16.8 Å². The van der Waals surface area contributed by atoms with Gasteiger partial charge in [-0.1, -0.05) is 25.9 Å². The van der Waals surface area contributed by atoms with E-state index in [0.717, 1.165) is 12.8 Å². The normalized spacial score (nSPS) is 16.6. The molecule has 0 bridgehead atoms. The van der Waals surface area contributed by atoms with E-state index in [0.29, 0.717) is 23.7 Å². The molecule has 0 unspecified atom stereocenters. The number of aryl methyl sites for hydroxylation is 1. The average molecular weight is 440 g/mol. The van der Waals surface area contributed by atoms with Crippen LogP contribution in [0.25, 0.3) is 0 Å². The summed E-state index contributed by atoms with van der Waals surface area (Å²) in [5, 5.41) is 6.86. The van der Waals surface area contributed by atoms with E-state index in [1.165, 1.54) is 12.3 Å². The van der Waals surface area contributed by atoms with Gasteiger partial charge in [-0.3, -0.25) is 9.78 Å². The van der Waals surface area contributed by atoms with Crippen molar-refractivity contribution in [2.75, 3.05) is 6.61 Å². The maximum atomic E-state index is 13.0. The highest BCUT2D eigenvalue weighted by Crippen LogP contribution is 2.44. The van der Waals surface area contributed by atoms with Crippen LogP contribution < -0.4 is 10.1 Å². The second kappa shape index (κ2) is 8.12. The van der Waals surface area contributed by atoms with E-state index in [9.17, 15) is 18.0 Å². The molecule has 1 fully saturated rings. The number of carbonyl (C=O) groups is 1. The summed E-state index contributed by atoms with van der Waals surface area (Å²) >= 11 is 0. The Labute approximate surface area is 178 Å². The highest BCUT2D eigenvalue weighted by Gasteiger charge is 2.38. The Morgan fingerprint density at radius 2 is 1.94 bits per heavy atom. The fraction of sp³-hybridized carbons (Fsp3) is 0.619. The van der Waals surface area contributed by atoms with Gasteiger partial charge in [0.25, 0.3) is 5.91 Å². The number of nitrogens with one attached hydrogen (secondary N) is 1. The zero-order chi connectivity index (χ0) is 23.0. The number of pyridine rings is 1. The van der Waals surface area contributed by atoms with Gasteiger partial charge in [-0.05, 0) is 37.5 Å². The summed E-state index contributed by atoms with van der Waals surface area (Å²) in [7, 11) is 0. The molecule has 1 N–H and O–H groups in total. The molecule has 7 nitrogen and oxygen atoms in total. The SMILES string of the molecule is Cc1nc([C@@](C)(CC(C)(C)C)NC(=O)c2cc(OCC(F)(F)F)c(C3CC3)cn2)no1. The molecule has 1 saturated carbocycles. The van der Waals surface area contributed by atoms with E-state index in [2.05, 4.69) is 20.4 Å². The molecule has 1 aliphatic rings. The lowest BCUT2D eigenvalue weighted by atomic mass is 9.80. The first-order chi connectivity index (χ1) is 14.3. The van der Waals surface area contributed by atoms with Crippen LogP contribution >= 0.6 is 0 Å². The fourth-order valence-corrected chi connectivity index (χ4v) is 3.63. The Morgan fingerprint density at radius 3 is 2.45 bits per heavy atom. The van der Waals surface area contributed by atoms with Crippen LogP contribution in [0.3, 0.4) is 0 Å². The third-order valence-electron chi connectivity index (χ3n) is 4.83. The van der Waals surface area contributed by atoms with Crippen LogP contribution in [-0.2, 0) is 5.54 Å². The number of nitrogens with zero attached hydrogens (tertiary/aromatic N) is 3. The van der Waals surface area contributed by atoms with Crippen molar-refractivity contribution in [2.45, 2.75) is 71.5 Å². The summed E-state index contributed by atoms with van der Waals surface area (Å²) < 4.78 is 48.1. The highest BCUT2D eigenvalue weighted by atomic mass is 19.4. The van der Waals surface area contributed by atoms with Crippen LogP contribution in [0.4, 0.5) is 13.2 Å². The summed E-state index contributed by atoms with van der Waals surface area (Å²) in [4.78, 5) is 21.5. The van der Waals surface area contributed by atoms with Crippen molar-refractivity contribution in [3.8, 4) is 5.75 Å². The summed E-state index contributed by atoms with van der Waals surface area (Å²) in [6.07, 6.45) is -0.846. The van der Waals surface area contributed by atoms with Crippen molar-refractivity contribution >= 4 is 5.91 Å². The Bertz CT molecular complexity index is 948. The number of rotatable bonds is 7. The minimum Gasteiger partial charge on any atom is -0.484 e. The Morgan fingerprint density at radius 1 is 1.26 bits per heavy atom. The summed E-state index contributed by atoms with van der Waals surface area (Å²) in [5.41, 5.74) is -0.619. The molecule has 0 saturated heterocycles. The number of amides is 1. The van der Waals surface area contributed by atoms with E-state index >= 15 is 0 Å². The topological polar surface area (TPSA) is 90.1 Å². The van der Waals surface area contributed by atoms with Gasteiger partial charge in [0.1, 0.15) is 17.0 Å². The third-order valence-corrected chi connectivity index (χ3v) is 4.83. The summed E-state index contributed by atoms with van der Waals surface area (Å²) in [6, 6.07) is 1.27. The second-order valence-electron chi connectivity index (χ2n) is 9.45. The van der Waals surface area contributed by atoms with Crippen molar-refractivity contribution in [1.82, 2.24) is 20.4 Å². The first-order valence-corrected chi connectivity index (χ1v) is 10.1. The van der Waals surface area contributed by atoms with E-state index in [-0.39, 0.29) is 22.8 Å². The van der Waals surface area contributed by atoms with Gasteiger partial charge in [0.2, 0.25) is 5.89 Å². The van der Waals surface area contributed by atoms with Gasteiger partial charge in [0, 0.05) is 24.8 Å². The molecule has 0 aromatic carbocycles. The summed E-state index contributed by atoms with van der Waals surface area (Å²) in [5.74, 6) is 0.262. The smallest absolute Gasteiger partial charge is 0.422 e. The molecule has 1 atom stereocenters. The molecule has 0 aliphatic heterocycles. The molecular formula is C21H27F3N4O3. The molecule has 170 valence electrons. The minimum absolute atomic E-state index is 0.0351. The van der Waals surface area contributed by atoms with Gasteiger partial charge >= 0.3 is 6.18 Å². The lowest BCUT2D eigenvalue weighted by Gasteiger charge is -2.34. The third kappa shape index (κ3) is 6.18. The largest absolute Gasteiger partial charge is 0.484 e. The molecule has 2 aromatic heterocycles. The molecule has 0 spiro atoms. The van der Waals surface area contributed by atoms with Crippen molar-refractivity contribution < 1.29 is 27.2 Å². The quantitative estimate of drug-likeness (QED) is 0.673. The fourth-order valence-electron chi connectivity index (χ4n) is 3.63. The lowest BCUT2D eigenvalue weighted by Crippen LogP contribution is -2.47. The molecule has 31 heavy (non-hydrogen) atoms. The Kier molecular flexibility index (Phi) is 6.03. The van der Waals surface area contributed by atoms with Gasteiger partial charge in [-0.25, -0.2) is 0 Å². The monoisotopic (exact) mass is 440 g/mol. The van der Waals surface area contributed by atoms with E-state index in [1.54, 1.807) is 13.8 Å². The van der Waals surface area contributed by atoms with Crippen molar-refractivity contribution in [3.63, 3.8) is 0 Å². The number of hydrogen-bond acceptors (Lipinski definition) is 6. The molecule has 1 aliphatic carbocycles. The molecule has 3 rings (SSSR count). The number of halogens is 3. The number of hydrogen-bond donors (Lipinski definition) is 1.